The second-order valence-electron chi connectivity index (χ2n) is 6.59. The SMILES string of the molecule is CC1CN(Cc2ccncc2Cl)C(C(C)(C)C)CN1. The molecule has 2 rings (SSSR count). The number of piperazine rings is 1. The van der Waals surface area contributed by atoms with E-state index in [1.54, 1.807) is 6.20 Å². The number of halogens is 1. The lowest BCUT2D eigenvalue weighted by Gasteiger charge is -2.46. The van der Waals surface area contributed by atoms with Gasteiger partial charge in [-0.1, -0.05) is 32.4 Å². The highest BCUT2D eigenvalue weighted by atomic mass is 35.5. The van der Waals surface area contributed by atoms with E-state index < -0.39 is 0 Å². The van der Waals surface area contributed by atoms with E-state index in [2.05, 4.69) is 42.9 Å². The van der Waals surface area contributed by atoms with Crippen molar-refractivity contribution >= 4 is 11.6 Å². The van der Waals surface area contributed by atoms with Gasteiger partial charge in [0.2, 0.25) is 0 Å². The van der Waals surface area contributed by atoms with E-state index in [-0.39, 0.29) is 5.41 Å². The highest BCUT2D eigenvalue weighted by Crippen LogP contribution is 2.28. The Morgan fingerprint density at radius 2 is 2.21 bits per heavy atom. The lowest BCUT2D eigenvalue weighted by Crippen LogP contribution is -2.59. The molecule has 0 bridgehead atoms. The second kappa shape index (κ2) is 5.78. The Kier molecular flexibility index (Phi) is 4.49. The van der Waals surface area contributed by atoms with Crippen LogP contribution < -0.4 is 5.32 Å². The number of hydrogen-bond acceptors (Lipinski definition) is 3. The molecule has 2 heterocycles. The Hall–Kier alpha value is -0.640. The van der Waals surface area contributed by atoms with Crippen molar-refractivity contribution in [2.24, 2.45) is 5.41 Å². The Bertz CT molecular complexity index is 428. The largest absolute Gasteiger partial charge is 0.311 e. The van der Waals surface area contributed by atoms with Crippen molar-refractivity contribution in [3.63, 3.8) is 0 Å². The van der Waals surface area contributed by atoms with Gasteiger partial charge in [0.05, 0.1) is 5.02 Å². The molecule has 0 amide bonds. The summed E-state index contributed by atoms with van der Waals surface area (Å²) in [6.45, 7) is 12.1. The zero-order valence-corrected chi connectivity index (χ0v) is 13.0. The van der Waals surface area contributed by atoms with Crippen molar-refractivity contribution in [3.05, 3.63) is 29.0 Å². The smallest absolute Gasteiger partial charge is 0.0634 e. The average Bonchev–Trinajstić information content (AvgIpc) is 2.30. The summed E-state index contributed by atoms with van der Waals surface area (Å²) >= 11 is 6.24. The van der Waals surface area contributed by atoms with E-state index in [0.717, 1.165) is 24.7 Å². The van der Waals surface area contributed by atoms with Gasteiger partial charge in [0, 0.05) is 44.1 Å². The molecule has 0 aliphatic carbocycles. The van der Waals surface area contributed by atoms with Gasteiger partial charge in [-0.15, -0.1) is 0 Å². The van der Waals surface area contributed by atoms with Crippen LogP contribution in [-0.4, -0.2) is 35.1 Å². The molecule has 1 aliphatic rings. The van der Waals surface area contributed by atoms with E-state index in [1.807, 2.05) is 12.3 Å². The molecule has 0 spiro atoms. The Balaban J connectivity index is 2.17. The first kappa shape index (κ1) is 14.8. The Morgan fingerprint density at radius 3 is 2.84 bits per heavy atom. The topological polar surface area (TPSA) is 28.2 Å². The van der Waals surface area contributed by atoms with Crippen molar-refractivity contribution < 1.29 is 0 Å². The van der Waals surface area contributed by atoms with Crippen LogP contribution in [0.15, 0.2) is 18.5 Å². The third kappa shape index (κ3) is 3.68. The number of nitrogens with one attached hydrogen (secondary N) is 1. The zero-order valence-electron chi connectivity index (χ0n) is 12.3. The van der Waals surface area contributed by atoms with Crippen LogP contribution in [0.5, 0.6) is 0 Å². The number of rotatable bonds is 2. The van der Waals surface area contributed by atoms with Gasteiger partial charge in [-0.25, -0.2) is 0 Å². The summed E-state index contributed by atoms with van der Waals surface area (Å²) in [7, 11) is 0. The second-order valence-corrected chi connectivity index (χ2v) is 6.99. The molecule has 1 fully saturated rings. The van der Waals surface area contributed by atoms with Crippen LogP contribution in [0.1, 0.15) is 33.3 Å². The molecule has 1 aromatic rings. The summed E-state index contributed by atoms with van der Waals surface area (Å²) in [5.41, 5.74) is 1.42. The third-order valence-electron chi connectivity index (χ3n) is 3.84. The number of pyridine rings is 1. The van der Waals surface area contributed by atoms with Crippen molar-refractivity contribution in [3.8, 4) is 0 Å². The molecule has 2 unspecified atom stereocenters. The highest BCUT2D eigenvalue weighted by Gasteiger charge is 2.34. The average molecular weight is 282 g/mol. The van der Waals surface area contributed by atoms with Gasteiger partial charge < -0.3 is 5.32 Å². The minimum atomic E-state index is 0.257. The van der Waals surface area contributed by atoms with E-state index in [1.165, 1.54) is 5.56 Å². The molecule has 0 saturated carbocycles. The Morgan fingerprint density at radius 1 is 1.47 bits per heavy atom. The van der Waals surface area contributed by atoms with E-state index in [9.17, 15) is 0 Å². The summed E-state index contributed by atoms with van der Waals surface area (Å²) in [6, 6.07) is 3.07. The maximum absolute atomic E-state index is 6.24. The summed E-state index contributed by atoms with van der Waals surface area (Å²) in [4.78, 5) is 6.60. The molecule has 1 saturated heterocycles. The molecule has 0 aromatic carbocycles. The van der Waals surface area contributed by atoms with Crippen molar-refractivity contribution in [2.75, 3.05) is 13.1 Å². The maximum atomic E-state index is 6.24. The normalized spacial score (nSPS) is 25.5. The van der Waals surface area contributed by atoms with Gasteiger partial charge in [0.1, 0.15) is 0 Å². The standard InChI is InChI=1S/C15H24ClN3/c1-11-9-19(14(8-18-11)15(2,3)4)10-12-5-6-17-7-13(12)16/h5-7,11,14,18H,8-10H2,1-4H3. The molecule has 1 N–H and O–H groups in total. The van der Waals surface area contributed by atoms with Crippen LogP contribution in [0.2, 0.25) is 5.02 Å². The number of aromatic nitrogens is 1. The molecule has 1 aromatic heterocycles. The van der Waals surface area contributed by atoms with E-state index in [4.69, 9.17) is 11.6 Å². The van der Waals surface area contributed by atoms with Gasteiger partial charge in [-0.2, -0.15) is 0 Å². The molecule has 4 heteroatoms. The number of hydrogen-bond donors (Lipinski definition) is 1. The molecule has 3 nitrogen and oxygen atoms in total. The minimum Gasteiger partial charge on any atom is -0.311 e. The fourth-order valence-corrected chi connectivity index (χ4v) is 2.94. The summed E-state index contributed by atoms with van der Waals surface area (Å²) in [6.07, 6.45) is 3.55. The van der Waals surface area contributed by atoms with E-state index >= 15 is 0 Å². The molecule has 1 aliphatic heterocycles. The third-order valence-corrected chi connectivity index (χ3v) is 4.18. The summed E-state index contributed by atoms with van der Waals surface area (Å²) in [5.74, 6) is 0. The van der Waals surface area contributed by atoms with Gasteiger partial charge in [-0.3, -0.25) is 9.88 Å². The fraction of sp³-hybridized carbons (Fsp3) is 0.667. The maximum Gasteiger partial charge on any atom is 0.0634 e. The first-order chi connectivity index (χ1) is 8.88. The molecule has 2 atom stereocenters. The highest BCUT2D eigenvalue weighted by molar-refractivity contribution is 6.31. The van der Waals surface area contributed by atoms with Crippen molar-refractivity contribution in [2.45, 2.75) is 46.3 Å². The van der Waals surface area contributed by atoms with Crippen LogP contribution in [0.25, 0.3) is 0 Å². The lowest BCUT2D eigenvalue weighted by molar-refractivity contribution is 0.0526. The zero-order chi connectivity index (χ0) is 14.0. The predicted octanol–water partition coefficient (Wildman–Crippen LogP) is 2.94. The van der Waals surface area contributed by atoms with Crippen LogP contribution in [0, 0.1) is 5.41 Å². The first-order valence-corrected chi connectivity index (χ1v) is 7.31. The van der Waals surface area contributed by atoms with E-state index in [0.29, 0.717) is 12.1 Å². The lowest BCUT2D eigenvalue weighted by atomic mass is 9.84. The molecule has 106 valence electrons. The minimum absolute atomic E-state index is 0.257. The number of nitrogens with zero attached hydrogens (tertiary/aromatic N) is 2. The summed E-state index contributed by atoms with van der Waals surface area (Å²) in [5, 5.41) is 4.35. The van der Waals surface area contributed by atoms with Crippen LogP contribution in [0.4, 0.5) is 0 Å². The van der Waals surface area contributed by atoms with Gasteiger partial charge >= 0.3 is 0 Å². The first-order valence-electron chi connectivity index (χ1n) is 6.94. The molecular weight excluding hydrogens is 258 g/mol. The molecule has 19 heavy (non-hydrogen) atoms. The predicted molar refractivity (Wildman–Crippen MR) is 80.4 cm³/mol. The monoisotopic (exact) mass is 281 g/mol. The van der Waals surface area contributed by atoms with Crippen molar-refractivity contribution in [1.82, 2.24) is 15.2 Å². The van der Waals surface area contributed by atoms with Crippen LogP contribution in [-0.2, 0) is 6.54 Å². The quantitative estimate of drug-likeness (QED) is 0.903. The summed E-state index contributed by atoms with van der Waals surface area (Å²) < 4.78 is 0. The molecular formula is C15H24ClN3. The van der Waals surface area contributed by atoms with Gasteiger partial charge in [0.15, 0.2) is 0 Å². The van der Waals surface area contributed by atoms with Gasteiger partial charge in [-0.05, 0) is 24.0 Å². The van der Waals surface area contributed by atoms with Crippen LogP contribution in [0.3, 0.4) is 0 Å². The fourth-order valence-electron chi connectivity index (χ4n) is 2.77. The van der Waals surface area contributed by atoms with Crippen LogP contribution >= 0.6 is 11.6 Å². The van der Waals surface area contributed by atoms with Gasteiger partial charge in [0.25, 0.3) is 0 Å². The Labute approximate surface area is 121 Å². The van der Waals surface area contributed by atoms with Crippen molar-refractivity contribution in [1.29, 1.82) is 0 Å². The molecule has 0 radical (unpaired) electrons.